The van der Waals surface area contributed by atoms with Crippen molar-refractivity contribution in [3.8, 4) is 40.1 Å². The lowest BCUT2D eigenvalue weighted by atomic mass is 10.2. The molecule has 1 aliphatic carbocycles. The Morgan fingerprint density at radius 3 is 2.30 bits per heavy atom. The summed E-state index contributed by atoms with van der Waals surface area (Å²) < 4.78 is 24.3. The molecule has 3 aromatic heterocycles. The molecule has 1 aliphatic rings. The summed E-state index contributed by atoms with van der Waals surface area (Å²) in [4.78, 5) is 4.09. The van der Waals surface area contributed by atoms with Crippen molar-refractivity contribution in [3.63, 3.8) is 0 Å². The number of nitrogens with zero attached hydrogens (tertiary/aromatic N) is 6. The van der Waals surface area contributed by atoms with Crippen LogP contribution in [-0.2, 0) is 5.75 Å². The predicted molar refractivity (Wildman–Crippen MR) is 120 cm³/mol. The Kier molecular flexibility index (Phi) is 5.86. The summed E-state index contributed by atoms with van der Waals surface area (Å²) in [6, 6.07) is 7.86. The number of ether oxygens (including phenoxy) is 3. The van der Waals surface area contributed by atoms with Gasteiger partial charge in [0.1, 0.15) is 0 Å². The quantitative estimate of drug-likeness (QED) is 0.335. The van der Waals surface area contributed by atoms with Crippen molar-refractivity contribution in [2.45, 2.75) is 29.8 Å². The average molecular weight is 467 g/mol. The van der Waals surface area contributed by atoms with E-state index in [2.05, 4.69) is 29.9 Å². The summed E-state index contributed by atoms with van der Waals surface area (Å²) in [5.41, 5.74) is 1.67. The van der Waals surface area contributed by atoms with Gasteiger partial charge in [0.15, 0.2) is 22.5 Å². The predicted octanol–water partition coefficient (Wildman–Crippen LogP) is 4.04. The molecule has 1 aromatic carbocycles. The van der Waals surface area contributed by atoms with E-state index in [0.29, 0.717) is 46.4 Å². The van der Waals surface area contributed by atoms with E-state index in [4.69, 9.17) is 18.6 Å². The summed E-state index contributed by atoms with van der Waals surface area (Å²) in [5, 5.41) is 18.1. The van der Waals surface area contributed by atoms with Gasteiger partial charge in [-0.25, -0.2) is 0 Å². The Bertz CT molecular complexity index is 1230. The maximum Gasteiger partial charge on any atom is 0.248 e. The fraction of sp³-hybridized carbons (Fsp3) is 0.318. The molecule has 3 heterocycles. The van der Waals surface area contributed by atoms with Gasteiger partial charge in [0.2, 0.25) is 17.5 Å². The van der Waals surface area contributed by atoms with Gasteiger partial charge in [0, 0.05) is 29.6 Å². The Labute approximate surface area is 194 Å². The highest BCUT2D eigenvalue weighted by atomic mass is 32.2. The van der Waals surface area contributed by atoms with Gasteiger partial charge in [-0.1, -0.05) is 11.8 Å². The number of methoxy groups -OCH3 is 3. The van der Waals surface area contributed by atoms with E-state index in [1.165, 1.54) is 11.8 Å². The SMILES string of the molecule is COc1cc(-c2nnc(CSc3nnc(-c4ccncc4)n3C3CC3)o2)cc(OC)c1OC. The first kappa shape index (κ1) is 21.3. The molecule has 0 aliphatic heterocycles. The number of rotatable bonds is 9. The molecule has 0 bridgehead atoms. The van der Waals surface area contributed by atoms with Gasteiger partial charge < -0.3 is 18.6 Å². The first-order valence-corrected chi connectivity index (χ1v) is 11.3. The maximum absolute atomic E-state index is 5.91. The lowest BCUT2D eigenvalue weighted by molar-refractivity contribution is 0.324. The standard InChI is InChI=1S/C22H22N6O4S/c1-29-16-10-14(11-17(30-2)19(16)31-3)21-26-24-18(32-21)12-33-22-27-25-20(28(22)15-4-5-15)13-6-8-23-9-7-13/h6-11,15H,4-5,12H2,1-3H3. The van der Waals surface area contributed by atoms with Crippen molar-refractivity contribution in [1.82, 2.24) is 29.9 Å². The number of hydrogen-bond donors (Lipinski definition) is 0. The number of aromatic nitrogens is 6. The van der Waals surface area contributed by atoms with Crippen molar-refractivity contribution in [2.75, 3.05) is 21.3 Å². The van der Waals surface area contributed by atoms with Crippen LogP contribution in [0.1, 0.15) is 24.8 Å². The highest BCUT2D eigenvalue weighted by Gasteiger charge is 2.30. The molecule has 0 N–H and O–H groups in total. The Balaban J connectivity index is 1.36. The van der Waals surface area contributed by atoms with Gasteiger partial charge in [-0.15, -0.1) is 20.4 Å². The van der Waals surface area contributed by atoms with E-state index >= 15 is 0 Å². The lowest BCUT2D eigenvalue weighted by Gasteiger charge is -2.12. The minimum atomic E-state index is 0.367. The molecule has 0 saturated heterocycles. The van der Waals surface area contributed by atoms with Crippen LogP contribution in [-0.4, -0.2) is 51.3 Å². The van der Waals surface area contributed by atoms with Gasteiger partial charge in [-0.3, -0.25) is 9.55 Å². The minimum Gasteiger partial charge on any atom is -0.493 e. The van der Waals surface area contributed by atoms with Crippen LogP contribution in [0.15, 0.2) is 46.2 Å². The molecule has 1 saturated carbocycles. The van der Waals surface area contributed by atoms with Crippen LogP contribution in [0.5, 0.6) is 17.2 Å². The van der Waals surface area contributed by atoms with Crippen molar-refractivity contribution in [1.29, 1.82) is 0 Å². The smallest absolute Gasteiger partial charge is 0.248 e. The highest BCUT2D eigenvalue weighted by molar-refractivity contribution is 7.98. The van der Waals surface area contributed by atoms with Crippen molar-refractivity contribution in [3.05, 3.63) is 42.5 Å². The fourth-order valence-corrected chi connectivity index (χ4v) is 4.34. The van der Waals surface area contributed by atoms with Crippen molar-refractivity contribution >= 4 is 11.8 Å². The zero-order chi connectivity index (χ0) is 22.8. The summed E-state index contributed by atoms with van der Waals surface area (Å²) in [7, 11) is 4.68. The molecule has 0 amide bonds. The second-order valence-corrected chi connectivity index (χ2v) is 8.29. The Morgan fingerprint density at radius 1 is 0.939 bits per heavy atom. The maximum atomic E-state index is 5.91. The molecule has 33 heavy (non-hydrogen) atoms. The first-order valence-electron chi connectivity index (χ1n) is 10.3. The number of hydrogen-bond acceptors (Lipinski definition) is 10. The second kappa shape index (κ2) is 9.10. The number of pyridine rings is 1. The molecule has 11 heteroatoms. The highest BCUT2D eigenvalue weighted by Crippen LogP contribution is 2.42. The molecule has 0 atom stereocenters. The normalized spacial score (nSPS) is 13.2. The van der Waals surface area contributed by atoms with Crippen LogP contribution < -0.4 is 14.2 Å². The average Bonchev–Trinajstić information content (AvgIpc) is 3.43. The van der Waals surface area contributed by atoms with Crippen LogP contribution in [0.2, 0.25) is 0 Å². The molecular weight excluding hydrogens is 444 g/mol. The third-order valence-electron chi connectivity index (χ3n) is 5.22. The fourth-order valence-electron chi connectivity index (χ4n) is 3.49. The largest absolute Gasteiger partial charge is 0.493 e. The summed E-state index contributed by atoms with van der Waals surface area (Å²) >= 11 is 1.52. The van der Waals surface area contributed by atoms with Crippen LogP contribution in [0, 0.1) is 0 Å². The van der Waals surface area contributed by atoms with E-state index in [0.717, 1.165) is 29.4 Å². The Morgan fingerprint density at radius 2 is 1.67 bits per heavy atom. The molecule has 170 valence electrons. The van der Waals surface area contributed by atoms with Crippen molar-refractivity contribution in [2.24, 2.45) is 0 Å². The lowest BCUT2D eigenvalue weighted by Crippen LogP contribution is -2.00. The van der Waals surface area contributed by atoms with E-state index in [-0.39, 0.29) is 0 Å². The van der Waals surface area contributed by atoms with Crippen molar-refractivity contribution < 1.29 is 18.6 Å². The monoisotopic (exact) mass is 466 g/mol. The van der Waals surface area contributed by atoms with Crippen LogP contribution in [0.4, 0.5) is 0 Å². The Hall–Kier alpha value is -3.60. The molecule has 10 nitrogen and oxygen atoms in total. The van der Waals surface area contributed by atoms with Crippen LogP contribution in [0.3, 0.4) is 0 Å². The molecule has 1 fully saturated rings. The van der Waals surface area contributed by atoms with Crippen LogP contribution >= 0.6 is 11.8 Å². The zero-order valence-corrected chi connectivity index (χ0v) is 19.2. The second-order valence-electron chi connectivity index (χ2n) is 7.35. The number of benzene rings is 1. The molecule has 0 radical (unpaired) electrons. The summed E-state index contributed by atoms with van der Waals surface area (Å²) in [6.07, 6.45) is 5.76. The van der Waals surface area contributed by atoms with E-state index in [9.17, 15) is 0 Å². The molecular formula is C22H22N6O4S. The van der Waals surface area contributed by atoms with Gasteiger partial charge in [0.05, 0.1) is 27.1 Å². The van der Waals surface area contributed by atoms with E-state index < -0.39 is 0 Å². The van der Waals surface area contributed by atoms with Gasteiger partial charge >= 0.3 is 0 Å². The number of thioether (sulfide) groups is 1. The van der Waals surface area contributed by atoms with E-state index in [1.54, 1.807) is 45.9 Å². The molecule has 4 aromatic rings. The molecule has 0 unspecified atom stereocenters. The third kappa shape index (κ3) is 4.23. The third-order valence-corrected chi connectivity index (χ3v) is 6.15. The summed E-state index contributed by atoms with van der Waals surface area (Å²) in [5.74, 6) is 3.71. The zero-order valence-electron chi connectivity index (χ0n) is 18.4. The van der Waals surface area contributed by atoms with Gasteiger partial charge in [-0.2, -0.15) is 0 Å². The van der Waals surface area contributed by atoms with Crippen LogP contribution in [0.25, 0.3) is 22.8 Å². The molecule has 5 rings (SSSR count). The van der Waals surface area contributed by atoms with Gasteiger partial charge in [0.25, 0.3) is 0 Å². The topological polar surface area (TPSA) is 110 Å². The van der Waals surface area contributed by atoms with Gasteiger partial charge in [-0.05, 0) is 37.1 Å². The minimum absolute atomic E-state index is 0.367. The summed E-state index contributed by atoms with van der Waals surface area (Å²) in [6.45, 7) is 0. The molecule has 0 spiro atoms. The first-order chi connectivity index (χ1) is 16.2. The van der Waals surface area contributed by atoms with E-state index in [1.807, 2.05) is 12.1 Å².